The summed E-state index contributed by atoms with van der Waals surface area (Å²) in [6, 6.07) is -0.163. The van der Waals surface area contributed by atoms with Crippen molar-refractivity contribution in [3.05, 3.63) is 0 Å². The largest absolute Gasteiger partial charge is 0.343 e. The van der Waals surface area contributed by atoms with Gasteiger partial charge in [-0.2, -0.15) is 0 Å². The number of fused-ring (bicyclic) bond motifs is 1. The van der Waals surface area contributed by atoms with E-state index in [-0.39, 0.29) is 17.9 Å². The smallest absolute Gasteiger partial charge is 0.245 e. The van der Waals surface area contributed by atoms with Crippen LogP contribution in [0.5, 0.6) is 0 Å². The average Bonchev–Trinajstić information content (AvgIpc) is 2.33. The Morgan fingerprint density at radius 2 is 2.00 bits per heavy atom. The molecular weight excluding hydrogens is 180 g/mol. The second-order valence-electron chi connectivity index (χ2n) is 4.11. The lowest BCUT2D eigenvalue weighted by molar-refractivity contribution is -0.142. The lowest BCUT2D eigenvalue weighted by Gasteiger charge is -2.33. The second-order valence-corrected chi connectivity index (χ2v) is 4.11. The molecule has 0 bridgehead atoms. The minimum absolute atomic E-state index is 0.121. The summed E-state index contributed by atoms with van der Waals surface area (Å²) in [7, 11) is 1.79. The van der Waals surface area contributed by atoms with Crippen molar-refractivity contribution in [2.45, 2.75) is 31.7 Å². The molecule has 2 saturated heterocycles. The van der Waals surface area contributed by atoms with Gasteiger partial charge in [-0.15, -0.1) is 0 Å². The molecule has 2 aliphatic rings. The van der Waals surface area contributed by atoms with Gasteiger partial charge in [0, 0.05) is 26.6 Å². The zero-order chi connectivity index (χ0) is 10.1. The highest BCUT2D eigenvalue weighted by molar-refractivity contribution is 5.90. The minimum atomic E-state index is -0.163. The Balaban J connectivity index is 2.22. The highest BCUT2D eigenvalue weighted by Gasteiger charge is 2.36. The summed E-state index contributed by atoms with van der Waals surface area (Å²) in [5.41, 5.74) is 0. The molecule has 78 valence electrons. The van der Waals surface area contributed by atoms with E-state index in [1.165, 1.54) is 0 Å². The highest BCUT2D eigenvalue weighted by Crippen LogP contribution is 2.21. The molecule has 0 aromatic rings. The van der Waals surface area contributed by atoms with Gasteiger partial charge in [0.15, 0.2) is 0 Å². The van der Waals surface area contributed by atoms with Crippen molar-refractivity contribution in [1.82, 2.24) is 9.80 Å². The fraction of sp³-hybridized carbons (Fsp3) is 0.800. The van der Waals surface area contributed by atoms with E-state index in [0.717, 1.165) is 25.8 Å². The van der Waals surface area contributed by atoms with Crippen molar-refractivity contribution in [2.24, 2.45) is 0 Å². The second kappa shape index (κ2) is 3.59. The van der Waals surface area contributed by atoms with Crippen LogP contribution in [-0.2, 0) is 9.59 Å². The summed E-state index contributed by atoms with van der Waals surface area (Å²) in [5.74, 6) is 0.267. The van der Waals surface area contributed by atoms with Gasteiger partial charge >= 0.3 is 0 Å². The van der Waals surface area contributed by atoms with E-state index in [4.69, 9.17) is 0 Å². The van der Waals surface area contributed by atoms with Gasteiger partial charge in [-0.05, 0) is 19.3 Å². The maximum atomic E-state index is 11.9. The van der Waals surface area contributed by atoms with Crippen LogP contribution >= 0.6 is 0 Å². The van der Waals surface area contributed by atoms with Crippen LogP contribution in [0.4, 0.5) is 0 Å². The summed E-state index contributed by atoms with van der Waals surface area (Å²) in [6.07, 6.45) is 3.43. The van der Waals surface area contributed by atoms with Crippen molar-refractivity contribution >= 4 is 11.8 Å². The SMILES string of the molecule is CN1CCC(=O)N2CCCCC2C1=O. The molecule has 0 N–H and O–H groups in total. The third kappa shape index (κ3) is 1.49. The molecule has 0 spiro atoms. The molecule has 4 heteroatoms. The molecule has 2 rings (SSSR count). The van der Waals surface area contributed by atoms with Gasteiger partial charge in [0.1, 0.15) is 6.04 Å². The van der Waals surface area contributed by atoms with Crippen LogP contribution in [0, 0.1) is 0 Å². The zero-order valence-electron chi connectivity index (χ0n) is 8.53. The van der Waals surface area contributed by atoms with E-state index >= 15 is 0 Å². The third-order valence-corrected chi connectivity index (χ3v) is 3.15. The Morgan fingerprint density at radius 1 is 1.21 bits per heavy atom. The summed E-state index contributed by atoms with van der Waals surface area (Å²) >= 11 is 0. The maximum absolute atomic E-state index is 11.9. The monoisotopic (exact) mass is 196 g/mol. The molecule has 14 heavy (non-hydrogen) atoms. The van der Waals surface area contributed by atoms with E-state index < -0.39 is 0 Å². The van der Waals surface area contributed by atoms with Gasteiger partial charge in [-0.1, -0.05) is 0 Å². The van der Waals surface area contributed by atoms with Gasteiger partial charge < -0.3 is 9.80 Å². The quantitative estimate of drug-likeness (QED) is 0.556. The van der Waals surface area contributed by atoms with E-state index in [1.54, 1.807) is 16.8 Å². The molecule has 0 aliphatic carbocycles. The van der Waals surface area contributed by atoms with Gasteiger partial charge in [-0.25, -0.2) is 0 Å². The first-order valence-electron chi connectivity index (χ1n) is 5.24. The van der Waals surface area contributed by atoms with Crippen LogP contribution in [0.25, 0.3) is 0 Å². The number of hydrogen-bond donors (Lipinski definition) is 0. The predicted octanol–water partition coefficient (Wildman–Crippen LogP) is 0.230. The molecule has 1 unspecified atom stereocenters. The lowest BCUT2D eigenvalue weighted by Crippen LogP contribution is -2.49. The van der Waals surface area contributed by atoms with E-state index in [1.807, 2.05) is 0 Å². The number of likely N-dealkylation sites (N-methyl/N-ethyl adjacent to an activating group) is 1. The first kappa shape index (κ1) is 9.49. The minimum Gasteiger partial charge on any atom is -0.343 e. The lowest BCUT2D eigenvalue weighted by atomic mass is 10.0. The number of nitrogens with zero attached hydrogens (tertiary/aromatic N) is 2. The van der Waals surface area contributed by atoms with Crippen molar-refractivity contribution < 1.29 is 9.59 Å². The summed E-state index contributed by atoms with van der Waals surface area (Å²) in [6.45, 7) is 1.34. The van der Waals surface area contributed by atoms with Crippen LogP contribution in [-0.4, -0.2) is 47.8 Å². The number of amides is 2. The molecule has 4 nitrogen and oxygen atoms in total. The summed E-state index contributed by atoms with van der Waals surface area (Å²) in [5, 5.41) is 0. The van der Waals surface area contributed by atoms with E-state index in [9.17, 15) is 9.59 Å². The molecule has 2 heterocycles. The fourth-order valence-electron chi connectivity index (χ4n) is 2.26. The van der Waals surface area contributed by atoms with Crippen LogP contribution in [0.1, 0.15) is 25.7 Å². The molecular formula is C10H16N2O2. The average molecular weight is 196 g/mol. The fourth-order valence-corrected chi connectivity index (χ4v) is 2.26. The van der Waals surface area contributed by atoms with Crippen LogP contribution in [0.3, 0.4) is 0 Å². The van der Waals surface area contributed by atoms with Crippen LogP contribution in [0.2, 0.25) is 0 Å². The van der Waals surface area contributed by atoms with Gasteiger partial charge in [-0.3, -0.25) is 9.59 Å². The summed E-state index contributed by atoms with van der Waals surface area (Å²) < 4.78 is 0. The Bertz CT molecular complexity index is 265. The number of piperidine rings is 1. The molecule has 0 saturated carbocycles. The molecule has 2 fully saturated rings. The topological polar surface area (TPSA) is 40.6 Å². The first-order chi connectivity index (χ1) is 6.70. The maximum Gasteiger partial charge on any atom is 0.245 e. The normalized spacial score (nSPS) is 28.8. The third-order valence-electron chi connectivity index (χ3n) is 3.15. The number of carbonyl (C=O) groups is 2. The number of carbonyl (C=O) groups excluding carboxylic acids is 2. The van der Waals surface area contributed by atoms with Crippen molar-refractivity contribution in [2.75, 3.05) is 20.1 Å². The Labute approximate surface area is 83.9 Å². The molecule has 0 aromatic heterocycles. The van der Waals surface area contributed by atoms with Crippen molar-refractivity contribution in [1.29, 1.82) is 0 Å². The molecule has 2 amide bonds. The summed E-state index contributed by atoms with van der Waals surface area (Å²) in [4.78, 5) is 27.0. The Morgan fingerprint density at radius 3 is 2.79 bits per heavy atom. The molecule has 2 aliphatic heterocycles. The predicted molar refractivity (Wildman–Crippen MR) is 51.6 cm³/mol. The van der Waals surface area contributed by atoms with Gasteiger partial charge in [0.05, 0.1) is 0 Å². The van der Waals surface area contributed by atoms with Crippen molar-refractivity contribution in [3.63, 3.8) is 0 Å². The zero-order valence-corrected chi connectivity index (χ0v) is 8.53. The van der Waals surface area contributed by atoms with Crippen LogP contribution in [0.15, 0.2) is 0 Å². The van der Waals surface area contributed by atoms with E-state index in [2.05, 4.69) is 0 Å². The molecule has 1 atom stereocenters. The number of rotatable bonds is 0. The Kier molecular flexibility index (Phi) is 2.44. The standard InChI is InChI=1S/C10H16N2O2/c1-11-7-5-9(13)12-6-3-2-4-8(12)10(11)14/h8H,2-7H2,1H3. The highest BCUT2D eigenvalue weighted by atomic mass is 16.2. The first-order valence-corrected chi connectivity index (χ1v) is 5.24. The van der Waals surface area contributed by atoms with Gasteiger partial charge in [0.25, 0.3) is 0 Å². The van der Waals surface area contributed by atoms with E-state index in [0.29, 0.717) is 13.0 Å². The molecule has 0 radical (unpaired) electrons. The number of hydrogen-bond acceptors (Lipinski definition) is 2. The van der Waals surface area contributed by atoms with Crippen LogP contribution < -0.4 is 0 Å². The van der Waals surface area contributed by atoms with Crippen molar-refractivity contribution in [3.8, 4) is 0 Å². The van der Waals surface area contributed by atoms with Gasteiger partial charge in [0.2, 0.25) is 11.8 Å². The molecule has 0 aromatic carbocycles. The Hall–Kier alpha value is -1.06.